The van der Waals surface area contributed by atoms with E-state index in [1.165, 1.54) is 6.42 Å². The standard InChI is InChI=1S/C13H23F3N2O2/c14-13(15,16)9-20-6-5-12(19)18-8-11-4-2-1-3-10(11)7-17/h10-11H,1-9,17H2,(H,18,19). The summed E-state index contributed by atoms with van der Waals surface area (Å²) in [5.74, 6) is 0.549. The van der Waals surface area contributed by atoms with E-state index in [1.54, 1.807) is 0 Å². The minimum absolute atomic E-state index is 0.0455. The zero-order valence-corrected chi connectivity index (χ0v) is 11.5. The summed E-state index contributed by atoms with van der Waals surface area (Å²) >= 11 is 0. The van der Waals surface area contributed by atoms with Gasteiger partial charge in [0.05, 0.1) is 6.61 Å². The number of hydrogen-bond donors (Lipinski definition) is 2. The monoisotopic (exact) mass is 296 g/mol. The molecule has 3 N–H and O–H groups in total. The first-order chi connectivity index (χ1) is 9.42. The van der Waals surface area contributed by atoms with E-state index in [1.807, 2.05) is 0 Å². The van der Waals surface area contributed by atoms with Crippen molar-refractivity contribution >= 4 is 5.91 Å². The van der Waals surface area contributed by atoms with E-state index in [4.69, 9.17) is 5.73 Å². The van der Waals surface area contributed by atoms with Crippen molar-refractivity contribution in [3.05, 3.63) is 0 Å². The predicted octanol–water partition coefficient (Wildman–Crippen LogP) is 1.84. The average Bonchev–Trinajstić information content (AvgIpc) is 2.40. The molecule has 2 unspecified atom stereocenters. The van der Waals surface area contributed by atoms with Gasteiger partial charge in [-0.3, -0.25) is 4.79 Å². The molecule has 0 heterocycles. The quantitative estimate of drug-likeness (QED) is 0.705. The summed E-state index contributed by atoms with van der Waals surface area (Å²) < 4.78 is 39.8. The Morgan fingerprint density at radius 2 is 1.90 bits per heavy atom. The lowest BCUT2D eigenvalue weighted by Crippen LogP contribution is -2.37. The Morgan fingerprint density at radius 1 is 1.25 bits per heavy atom. The molecular formula is C13H23F3N2O2. The highest BCUT2D eigenvalue weighted by Gasteiger charge is 2.27. The molecule has 0 radical (unpaired) electrons. The summed E-state index contributed by atoms with van der Waals surface area (Å²) in [5, 5.41) is 2.76. The number of rotatable bonds is 7. The molecule has 0 aromatic carbocycles. The van der Waals surface area contributed by atoms with Crippen LogP contribution >= 0.6 is 0 Å². The van der Waals surface area contributed by atoms with E-state index >= 15 is 0 Å². The van der Waals surface area contributed by atoms with Crippen LogP contribution in [0.2, 0.25) is 0 Å². The van der Waals surface area contributed by atoms with E-state index in [9.17, 15) is 18.0 Å². The van der Waals surface area contributed by atoms with Crippen LogP contribution in [-0.2, 0) is 9.53 Å². The fourth-order valence-corrected chi connectivity index (χ4v) is 2.55. The molecule has 0 spiro atoms. The molecule has 1 amide bonds. The van der Waals surface area contributed by atoms with E-state index in [2.05, 4.69) is 10.1 Å². The lowest BCUT2D eigenvalue weighted by atomic mass is 9.79. The number of carbonyl (C=O) groups excluding carboxylic acids is 1. The Balaban J connectivity index is 2.13. The van der Waals surface area contributed by atoms with Gasteiger partial charge in [-0.15, -0.1) is 0 Å². The summed E-state index contributed by atoms with van der Waals surface area (Å²) in [6, 6.07) is 0. The van der Waals surface area contributed by atoms with Gasteiger partial charge >= 0.3 is 6.18 Å². The van der Waals surface area contributed by atoms with Crippen LogP contribution in [-0.4, -0.2) is 38.4 Å². The number of carbonyl (C=O) groups is 1. The average molecular weight is 296 g/mol. The van der Waals surface area contributed by atoms with Crippen molar-refractivity contribution < 1.29 is 22.7 Å². The zero-order valence-electron chi connectivity index (χ0n) is 11.5. The number of ether oxygens (including phenoxy) is 1. The molecule has 20 heavy (non-hydrogen) atoms. The van der Waals surface area contributed by atoms with Crippen molar-refractivity contribution in [3.8, 4) is 0 Å². The number of amides is 1. The van der Waals surface area contributed by atoms with Gasteiger partial charge in [0, 0.05) is 13.0 Å². The lowest BCUT2D eigenvalue weighted by Gasteiger charge is -2.30. The number of alkyl halides is 3. The molecule has 1 fully saturated rings. The van der Waals surface area contributed by atoms with Crippen LogP contribution < -0.4 is 11.1 Å². The molecule has 1 rings (SSSR count). The molecule has 1 aliphatic carbocycles. The maximum absolute atomic E-state index is 11.8. The molecule has 0 aromatic rings. The first kappa shape index (κ1) is 17.2. The first-order valence-corrected chi connectivity index (χ1v) is 7.03. The molecule has 1 saturated carbocycles. The van der Waals surface area contributed by atoms with Gasteiger partial charge in [-0.25, -0.2) is 0 Å². The molecule has 118 valence electrons. The third-order valence-electron chi connectivity index (χ3n) is 3.67. The van der Waals surface area contributed by atoms with Crippen molar-refractivity contribution in [2.24, 2.45) is 17.6 Å². The minimum atomic E-state index is -4.34. The highest BCUT2D eigenvalue weighted by Crippen LogP contribution is 2.28. The largest absolute Gasteiger partial charge is 0.411 e. The van der Waals surface area contributed by atoms with Crippen LogP contribution in [0.25, 0.3) is 0 Å². The smallest absolute Gasteiger partial charge is 0.372 e. The minimum Gasteiger partial charge on any atom is -0.372 e. The first-order valence-electron chi connectivity index (χ1n) is 7.03. The molecule has 7 heteroatoms. The van der Waals surface area contributed by atoms with Crippen LogP contribution in [0.5, 0.6) is 0 Å². The molecule has 4 nitrogen and oxygen atoms in total. The molecule has 0 saturated heterocycles. The summed E-state index contributed by atoms with van der Waals surface area (Å²) in [6.45, 7) is -0.344. The Kier molecular flexibility index (Phi) is 7.29. The van der Waals surface area contributed by atoms with Crippen LogP contribution in [0.1, 0.15) is 32.1 Å². The number of nitrogens with two attached hydrogens (primary N) is 1. The van der Waals surface area contributed by atoms with Crippen molar-refractivity contribution in [2.45, 2.75) is 38.3 Å². The van der Waals surface area contributed by atoms with E-state index in [-0.39, 0.29) is 18.9 Å². The van der Waals surface area contributed by atoms with Gasteiger partial charge in [0.15, 0.2) is 0 Å². The lowest BCUT2D eigenvalue weighted by molar-refractivity contribution is -0.174. The van der Waals surface area contributed by atoms with Crippen LogP contribution in [0.4, 0.5) is 13.2 Å². The van der Waals surface area contributed by atoms with E-state index in [0.717, 1.165) is 19.3 Å². The molecule has 0 aromatic heterocycles. The Labute approximate surface area is 117 Å². The topological polar surface area (TPSA) is 64.3 Å². The van der Waals surface area contributed by atoms with Crippen molar-refractivity contribution in [2.75, 3.05) is 26.3 Å². The highest BCUT2D eigenvalue weighted by atomic mass is 19.4. The summed E-state index contributed by atoms with van der Waals surface area (Å²) in [4.78, 5) is 11.5. The second-order valence-corrected chi connectivity index (χ2v) is 5.26. The van der Waals surface area contributed by atoms with Crippen molar-refractivity contribution in [1.29, 1.82) is 0 Å². The third-order valence-corrected chi connectivity index (χ3v) is 3.67. The second-order valence-electron chi connectivity index (χ2n) is 5.26. The van der Waals surface area contributed by atoms with Gasteiger partial charge in [0.1, 0.15) is 6.61 Å². The fraction of sp³-hybridized carbons (Fsp3) is 0.923. The van der Waals surface area contributed by atoms with Crippen molar-refractivity contribution in [1.82, 2.24) is 5.32 Å². The Hall–Kier alpha value is -0.820. The summed E-state index contributed by atoms with van der Waals surface area (Å²) in [5.41, 5.74) is 5.70. The summed E-state index contributed by atoms with van der Waals surface area (Å²) in [6.07, 6.45) is 0.0742. The summed E-state index contributed by atoms with van der Waals surface area (Å²) in [7, 11) is 0. The zero-order chi connectivity index (χ0) is 15.0. The third kappa shape index (κ3) is 7.09. The molecule has 0 bridgehead atoms. The molecule has 0 aliphatic heterocycles. The number of hydrogen-bond acceptors (Lipinski definition) is 3. The highest BCUT2D eigenvalue weighted by molar-refractivity contribution is 5.75. The maximum Gasteiger partial charge on any atom is 0.411 e. The van der Waals surface area contributed by atoms with Gasteiger partial charge in [-0.1, -0.05) is 12.8 Å². The number of nitrogens with one attached hydrogen (secondary N) is 1. The molecule has 1 aliphatic rings. The van der Waals surface area contributed by atoms with Crippen LogP contribution in [0.15, 0.2) is 0 Å². The molecular weight excluding hydrogens is 273 g/mol. The van der Waals surface area contributed by atoms with E-state index in [0.29, 0.717) is 24.9 Å². The maximum atomic E-state index is 11.8. The SMILES string of the molecule is NCC1CCCCC1CNC(=O)CCOCC(F)(F)F. The number of halogens is 3. The predicted molar refractivity (Wildman–Crippen MR) is 69.0 cm³/mol. The van der Waals surface area contributed by atoms with Gasteiger partial charge in [-0.2, -0.15) is 13.2 Å². The van der Waals surface area contributed by atoms with Gasteiger partial charge in [0.2, 0.25) is 5.91 Å². The van der Waals surface area contributed by atoms with Gasteiger partial charge < -0.3 is 15.8 Å². The second kappa shape index (κ2) is 8.46. The Bertz CT molecular complexity index is 298. The van der Waals surface area contributed by atoms with Crippen LogP contribution in [0.3, 0.4) is 0 Å². The Morgan fingerprint density at radius 3 is 2.50 bits per heavy atom. The fourth-order valence-electron chi connectivity index (χ4n) is 2.55. The van der Waals surface area contributed by atoms with E-state index < -0.39 is 12.8 Å². The van der Waals surface area contributed by atoms with Gasteiger partial charge in [0.25, 0.3) is 0 Å². The van der Waals surface area contributed by atoms with Crippen LogP contribution in [0, 0.1) is 11.8 Å². The van der Waals surface area contributed by atoms with Crippen molar-refractivity contribution in [3.63, 3.8) is 0 Å². The normalized spacial score (nSPS) is 23.6. The van der Waals surface area contributed by atoms with Gasteiger partial charge in [-0.05, 0) is 31.2 Å². The molecule has 2 atom stereocenters.